The van der Waals surface area contributed by atoms with Crippen molar-refractivity contribution in [1.82, 2.24) is 4.72 Å². The van der Waals surface area contributed by atoms with Gasteiger partial charge in [0.05, 0.1) is 23.6 Å². The third kappa shape index (κ3) is 6.59. The minimum absolute atomic E-state index is 0.0664. The van der Waals surface area contributed by atoms with Crippen LogP contribution in [-0.4, -0.2) is 15.5 Å². The Bertz CT molecular complexity index is 1320. The first-order valence-electron chi connectivity index (χ1n) is 12.7. The molecule has 0 fully saturated rings. The second-order valence-corrected chi connectivity index (χ2v) is 12.1. The predicted molar refractivity (Wildman–Crippen MR) is 145 cm³/mol. The molecule has 3 aromatic carbocycles. The molecule has 0 radical (unpaired) electrons. The minimum Gasteiger partial charge on any atom is -0.497 e. The summed E-state index contributed by atoms with van der Waals surface area (Å²) in [5.41, 5.74) is 2.66. The van der Waals surface area contributed by atoms with Crippen LogP contribution in [0, 0.1) is 0 Å². The summed E-state index contributed by atoms with van der Waals surface area (Å²) in [6.45, 7) is 12.0. The van der Waals surface area contributed by atoms with Crippen LogP contribution in [0.4, 0.5) is 13.2 Å². The van der Waals surface area contributed by atoms with E-state index in [2.05, 4.69) is 18.6 Å². The van der Waals surface area contributed by atoms with Crippen molar-refractivity contribution in [2.24, 2.45) is 0 Å². The van der Waals surface area contributed by atoms with Gasteiger partial charge in [0, 0.05) is 0 Å². The molecule has 206 valence electrons. The Balaban J connectivity index is 2.20. The number of hydrogen-bond donors (Lipinski definition) is 1. The fraction of sp³-hybridized carbons (Fsp3) is 0.400. The zero-order valence-electron chi connectivity index (χ0n) is 22.8. The highest BCUT2D eigenvalue weighted by atomic mass is 32.2. The van der Waals surface area contributed by atoms with Crippen molar-refractivity contribution in [1.29, 1.82) is 0 Å². The van der Waals surface area contributed by atoms with Gasteiger partial charge in [0.1, 0.15) is 5.75 Å². The highest BCUT2D eigenvalue weighted by Crippen LogP contribution is 2.37. The molecule has 1 N–H and O–H groups in total. The van der Waals surface area contributed by atoms with Gasteiger partial charge in [-0.1, -0.05) is 77.9 Å². The zero-order chi connectivity index (χ0) is 28.4. The summed E-state index contributed by atoms with van der Waals surface area (Å²) in [6, 6.07) is 14.4. The largest absolute Gasteiger partial charge is 0.497 e. The second kappa shape index (κ2) is 11.5. The van der Waals surface area contributed by atoms with Crippen molar-refractivity contribution in [3.63, 3.8) is 0 Å². The molecular formula is C30H36F3NO3S. The first-order valence-corrected chi connectivity index (χ1v) is 14.1. The maximum Gasteiger partial charge on any atom is 0.416 e. The molecule has 0 bridgehead atoms. The third-order valence-electron chi connectivity index (χ3n) is 6.64. The van der Waals surface area contributed by atoms with Gasteiger partial charge in [0.25, 0.3) is 0 Å². The lowest BCUT2D eigenvalue weighted by atomic mass is 9.89. The van der Waals surface area contributed by atoms with Crippen LogP contribution in [0.15, 0.2) is 65.6 Å². The molecule has 3 rings (SSSR count). The summed E-state index contributed by atoms with van der Waals surface area (Å²) in [5.74, 6) is 0.664. The summed E-state index contributed by atoms with van der Waals surface area (Å²) in [5, 5.41) is 0. The fourth-order valence-corrected chi connectivity index (χ4v) is 6.31. The van der Waals surface area contributed by atoms with Crippen LogP contribution in [0.5, 0.6) is 5.75 Å². The van der Waals surface area contributed by atoms with Crippen molar-refractivity contribution in [3.8, 4) is 5.75 Å². The van der Waals surface area contributed by atoms with Crippen LogP contribution in [0.2, 0.25) is 0 Å². The first-order chi connectivity index (χ1) is 17.7. The summed E-state index contributed by atoms with van der Waals surface area (Å²) < 4.78 is 76.0. The number of methoxy groups -OCH3 is 1. The van der Waals surface area contributed by atoms with Gasteiger partial charge in [-0.15, -0.1) is 0 Å². The van der Waals surface area contributed by atoms with Crippen LogP contribution in [0.3, 0.4) is 0 Å². The van der Waals surface area contributed by atoms with E-state index in [1.807, 2.05) is 39.8 Å². The Morgan fingerprint density at radius 1 is 0.711 bits per heavy atom. The van der Waals surface area contributed by atoms with E-state index >= 15 is 0 Å². The van der Waals surface area contributed by atoms with E-state index in [-0.39, 0.29) is 22.6 Å². The number of nitrogens with one attached hydrogen (secondary N) is 1. The van der Waals surface area contributed by atoms with E-state index in [9.17, 15) is 21.6 Å². The van der Waals surface area contributed by atoms with Crippen molar-refractivity contribution in [2.75, 3.05) is 7.11 Å². The molecule has 0 saturated carbocycles. The molecule has 8 heteroatoms. The van der Waals surface area contributed by atoms with Gasteiger partial charge >= 0.3 is 6.18 Å². The number of rotatable bonds is 9. The van der Waals surface area contributed by atoms with Gasteiger partial charge in [-0.25, -0.2) is 8.42 Å². The summed E-state index contributed by atoms with van der Waals surface area (Å²) in [6.07, 6.45) is -4.50. The van der Waals surface area contributed by atoms with Gasteiger partial charge in [-0.2, -0.15) is 17.9 Å². The quantitative estimate of drug-likeness (QED) is 0.294. The highest BCUT2D eigenvalue weighted by molar-refractivity contribution is 7.89. The standard InChI is InChI=1S/C30H36F3NO3S/c1-18(2)23-16-26(19(3)4)29(27(17-23)20(5)6)38(35,36)34-28(22-10-14-25(37-7)15-11-22)21-8-12-24(13-9-21)30(31,32)33/h8-20,28,34H,1-7H3/t28-/m0/s1. The number of halogens is 3. The Labute approximate surface area is 224 Å². The molecular weight excluding hydrogens is 511 g/mol. The maximum atomic E-state index is 14.2. The molecule has 0 unspecified atom stereocenters. The molecule has 0 saturated heterocycles. The Hall–Kier alpha value is -2.84. The molecule has 0 spiro atoms. The number of benzene rings is 3. The lowest BCUT2D eigenvalue weighted by Gasteiger charge is -2.26. The Morgan fingerprint density at radius 3 is 1.53 bits per heavy atom. The van der Waals surface area contributed by atoms with Crippen molar-refractivity contribution >= 4 is 10.0 Å². The summed E-state index contributed by atoms with van der Waals surface area (Å²) in [4.78, 5) is 0.234. The van der Waals surface area contributed by atoms with Gasteiger partial charge in [-0.3, -0.25) is 0 Å². The molecule has 3 aromatic rings. The van der Waals surface area contributed by atoms with Gasteiger partial charge in [-0.05, 0) is 69.8 Å². The third-order valence-corrected chi connectivity index (χ3v) is 8.20. The maximum absolute atomic E-state index is 14.2. The molecule has 38 heavy (non-hydrogen) atoms. The molecule has 0 aliphatic carbocycles. The molecule has 4 nitrogen and oxygen atoms in total. The van der Waals surface area contributed by atoms with Crippen LogP contribution in [0.1, 0.15) is 98.7 Å². The van der Waals surface area contributed by atoms with Crippen molar-refractivity contribution in [2.45, 2.75) is 76.4 Å². The van der Waals surface area contributed by atoms with Crippen LogP contribution < -0.4 is 9.46 Å². The topological polar surface area (TPSA) is 55.4 Å². The fourth-order valence-electron chi connectivity index (χ4n) is 4.40. The highest BCUT2D eigenvalue weighted by Gasteiger charge is 2.32. The lowest BCUT2D eigenvalue weighted by molar-refractivity contribution is -0.137. The number of ether oxygens (including phenoxy) is 1. The first kappa shape index (κ1) is 29.7. The monoisotopic (exact) mass is 547 g/mol. The lowest BCUT2D eigenvalue weighted by Crippen LogP contribution is -2.31. The van der Waals surface area contributed by atoms with E-state index in [0.29, 0.717) is 28.0 Å². The average Bonchev–Trinajstić information content (AvgIpc) is 2.86. The van der Waals surface area contributed by atoms with E-state index in [1.165, 1.54) is 19.2 Å². The normalized spacial score (nSPS) is 13.4. The van der Waals surface area contributed by atoms with Gasteiger partial charge in [0.15, 0.2) is 0 Å². The zero-order valence-corrected chi connectivity index (χ0v) is 23.7. The predicted octanol–water partition coefficient (Wildman–Crippen LogP) is 8.15. The molecule has 0 aliphatic heterocycles. The van der Waals surface area contributed by atoms with Gasteiger partial charge in [0.2, 0.25) is 10.0 Å². The van der Waals surface area contributed by atoms with Crippen LogP contribution >= 0.6 is 0 Å². The van der Waals surface area contributed by atoms with Crippen molar-refractivity contribution < 1.29 is 26.3 Å². The second-order valence-electron chi connectivity index (χ2n) is 10.4. The number of sulfonamides is 1. The van der Waals surface area contributed by atoms with E-state index in [4.69, 9.17) is 4.74 Å². The Morgan fingerprint density at radius 2 is 1.16 bits per heavy atom. The van der Waals surface area contributed by atoms with Crippen LogP contribution in [0.25, 0.3) is 0 Å². The molecule has 0 aliphatic rings. The summed E-state index contributed by atoms with van der Waals surface area (Å²) in [7, 11) is -2.59. The molecule has 1 atom stereocenters. The molecule has 0 amide bonds. The smallest absolute Gasteiger partial charge is 0.416 e. The molecule has 0 heterocycles. The minimum atomic E-state index is -4.50. The van der Waals surface area contributed by atoms with Crippen LogP contribution in [-0.2, 0) is 16.2 Å². The number of alkyl halides is 3. The van der Waals surface area contributed by atoms with E-state index < -0.39 is 27.8 Å². The van der Waals surface area contributed by atoms with E-state index in [1.54, 1.807) is 24.3 Å². The SMILES string of the molecule is COc1ccc([C@@H](NS(=O)(=O)c2c(C(C)C)cc(C(C)C)cc2C(C)C)c2ccc(C(F)(F)F)cc2)cc1. The number of hydrogen-bond acceptors (Lipinski definition) is 3. The average molecular weight is 548 g/mol. The summed E-state index contributed by atoms with van der Waals surface area (Å²) >= 11 is 0. The van der Waals surface area contributed by atoms with E-state index in [0.717, 1.165) is 17.7 Å². The van der Waals surface area contributed by atoms with Crippen molar-refractivity contribution in [3.05, 3.63) is 94.0 Å². The van der Waals surface area contributed by atoms with Gasteiger partial charge < -0.3 is 4.74 Å². The molecule has 0 aromatic heterocycles. The Kier molecular flexibility index (Phi) is 8.99.